The Morgan fingerprint density at radius 1 is 1.19 bits per heavy atom. The van der Waals surface area contributed by atoms with Crippen molar-refractivity contribution in [3.8, 4) is 0 Å². The Bertz CT molecular complexity index is 811. The molecule has 1 amide bonds. The summed E-state index contributed by atoms with van der Waals surface area (Å²) in [6.45, 7) is 0.131. The lowest BCUT2D eigenvalue weighted by Crippen LogP contribution is -2.50. The highest BCUT2D eigenvalue weighted by atomic mass is 32.2. The van der Waals surface area contributed by atoms with Crippen molar-refractivity contribution in [2.45, 2.75) is 68.7 Å². The third-order valence-electron chi connectivity index (χ3n) is 6.40. The first-order valence-corrected chi connectivity index (χ1v) is 12.8. The molecule has 1 heterocycles. The molecule has 1 aliphatic heterocycles. The Morgan fingerprint density at radius 3 is 2.45 bits per heavy atom. The van der Waals surface area contributed by atoms with Crippen LogP contribution in [0.25, 0.3) is 0 Å². The first-order valence-electron chi connectivity index (χ1n) is 10.9. The third-order valence-corrected chi connectivity index (χ3v) is 7.13. The summed E-state index contributed by atoms with van der Waals surface area (Å²) in [6, 6.07) is 9.23. The molecule has 1 saturated carbocycles. The molecule has 0 spiro atoms. The highest BCUT2D eigenvalue weighted by molar-refractivity contribution is 7.88. The van der Waals surface area contributed by atoms with Gasteiger partial charge in [-0.3, -0.25) is 4.90 Å². The summed E-state index contributed by atoms with van der Waals surface area (Å²) in [5, 5.41) is 9.41. The molecule has 2 aliphatic rings. The standard InChI is InChI=1S/C22H34N2O6S/c1-29-22(26)24-18(12-13-25)14-20(23-31(2,27)28)21(24)15-30-19-10-8-17(9-11-19)16-6-4-3-5-7-16/h3-7,17-21,23,25H,8-15H2,1-2H3/t17?,18-,19?,20+,21+/m1/s1. The van der Waals surface area contributed by atoms with Crippen LogP contribution in [0.3, 0.4) is 0 Å². The zero-order chi connectivity index (χ0) is 22.4. The summed E-state index contributed by atoms with van der Waals surface area (Å²) in [7, 11) is -2.16. The largest absolute Gasteiger partial charge is 0.453 e. The second-order valence-corrected chi connectivity index (χ2v) is 10.3. The van der Waals surface area contributed by atoms with E-state index in [-0.39, 0.29) is 25.4 Å². The van der Waals surface area contributed by atoms with Gasteiger partial charge in [0.15, 0.2) is 0 Å². The minimum Gasteiger partial charge on any atom is -0.453 e. The number of amides is 1. The molecule has 3 atom stereocenters. The number of carbonyl (C=O) groups excluding carboxylic acids is 1. The topological polar surface area (TPSA) is 105 Å². The summed E-state index contributed by atoms with van der Waals surface area (Å²) >= 11 is 0. The summed E-state index contributed by atoms with van der Waals surface area (Å²) in [5.74, 6) is 0.535. The van der Waals surface area contributed by atoms with Crippen LogP contribution in [0.15, 0.2) is 30.3 Å². The van der Waals surface area contributed by atoms with Crippen molar-refractivity contribution in [2.75, 3.05) is 26.6 Å². The van der Waals surface area contributed by atoms with Crippen LogP contribution in [0.4, 0.5) is 4.79 Å². The van der Waals surface area contributed by atoms with Gasteiger partial charge in [0.25, 0.3) is 0 Å². The van der Waals surface area contributed by atoms with E-state index in [0.717, 1.165) is 31.9 Å². The summed E-state index contributed by atoms with van der Waals surface area (Å²) < 4.78 is 37.6. The number of nitrogens with zero attached hydrogens (tertiary/aromatic N) is 1. The smallest absolute Gasteiger partial charge is 0.410 e. The average molecular weight is 455 g/mol. The fourth-order valence-corrected chi connectivity index (χ4v) is 5.75. The van der Waals surface area contributed by atoms with E-state index >= 15 is 0 Å². The number of ether oxygens (including phenoxy) is 2. The van der Waals surface area contributed by atoms with Gasteiger partial charge in [-0.1, -0.05) is 30.3 Å². The second-order valence-electron chi connectivity index (χ2n) is 8.56. The lowest BCUT2D eigenvalue weighted by molar-refractivity contribution is -0.0102. The lowest BCUT2D eigenvalue weighted by atomic mass is 9.83. The van der Waals surface area contributed by atoms with Crippen LogP contribution in [0.2, 0.25) is 0 Å². The molecule has 1 aromatic carbocycles. The molecule has 0 unspecified atom stereocenters. The van der Waals surface area contributed by atoms with Crippen LogP contribution in [-0.4, -0.2) is 75.3 Å². The van der Waals surface area contributed by atoms with Gasteiger partial charge in [0, 0.05) is 18.7 Å². The Labute approximate surface area is 185 Å². The first-order chi connectivity index (χ1) is 14.8. The number of aliphatic hydroxyl groups is 1. The zero-order valence-electron chi connectivity index (χ0n) is 18.3. The van der Waals surface area contributed by atoms with E-state index in [1.807, 2.05) is 6.07 Å². The molecule has 1 saturated heterocycles. The molecule has 174 valence electrons. The molecule has 8 nitrogen and oxygen atoms in total. The van der Waals surface area contributed by atoms with Crippen LogP contribution in [0, 0.1) is 0 Å². The highest BCUT2D eigenvalue weighted by Crippen LogP contribution is 2.35. The molecular weight excluding hydrogens is 420 g/mol. The van der Waals surface area contributed by atoms with E-state index in [9.17, 15) is 18.3 Å². The van der Waals surface area contributed by atoms with Crippen LogP contribution < -0.4 is 4.72 Å². The van der Waals surface area contributed by atoms with Crippen LogP contribution in [-0.2, 0) is 19.5 Å². The monoisotopic (exact) mass is 454 g/mol. The SMILES string of the molecule is COC(=O)N1[C@H](CCO)C[C@H](NS(C)(=O)=O)[C@@H]1COC1CCC(c2ccccc2)CC1. The van der Waals surface area contributed by atoms with Gasteiger partial charge in [-0.2, -0.15) is 0 Å². The van der Waals surface area contributed by atoms with E-state index < -0.39 is 28.2 Å². The van der Waals surface area contributed by atoms with Crippen molar-refractivity contribution in [1.82, 2.24) is 9.62 Å². The molecule has 1 aromatic rings. The number of nitrogens with one attached hydrogen (secondary N) is 1. The van der Waals surface area contributed by atoms with Crippen LogP contribution in [0.5, 0.6) is 0 Å². The van der Waals surface area contributed by atoms with Crippen molar-refractivity contribution in [2.24, 2.45) is 0 Å². The highest BCUT2D eigenvalue weighted by Gasteiger charge is 2.45. The van der Waals surface area contributed by atoms with E-state index in [2.05, 4.69) is 29.0 Å². The van der Waals surface area contributed by atoms with Crippen molar-refractivity contribution in [3.05, 3.63) is 35.9 Å². The van der Waals surface area contributed by atoms with E-state index in [0.29, 0.717) is 18.8 Å². The minimum absolute atomic E-state index is 0.0789. The number of rotatable bonds is 8. The first kappa shape index (κ1) is 24.0. The van der Waals surface area contributed by atoms with Crippen molar-refractivity contribution < 1.29 is 27.8 Å². The maximum atomic E-state index is 12.5. The maximum Gasteiger partial charge on any atom is 0.410 e. The predicted molar refractivity (Wildman–Crippen MR) is 117 cm³/mol. The molecule has 2 N–H and O–H groups in total. The second kappa shape index (κ2) is 10.8. The number of hydrogen-bond acceptors (Lipinski definition) is 6. The number of sulfonamides is 1. The zero-order valence-corrected chi connectivity index (χ0v) is 19.1. The quantitative estimate of drug-likeness (QED) is 0.624. The number of aliphatic hydroxyl groups excluding tert-OH is 1. The number of carbonyl (C=O) groups is 1. The number of likely N-dealkylation sites (tertiary alicyclic amines) is 1. The molecule has 0 aromatic heterocycles. The van der Waals surface area contributed by atoms with E-state index in [1.54, 1.807) is 0 Å². The van der Waals surface area contributed by atoms with Crippen molar-refractivity contribution in [3.63, 3.8) is 0 Å². The predicted octanol–water partition coefficient (Wildman–Crippen LogP) is 2.24. The molecule has 31 heavy (non-hydrogen) atoms. The van der Waals surface area contributed by atoms with Gasteiger partial charge < -0.3 is 14.6 Å². The van der Waals surface area contributed by atoms with Gasteiger partial charge in [-0.25, -0.2) is 17.9 Å². The summed E-state index contributed by atoms with van der Waals surface area (Å²) in [6.07, 6.45) is 5.36. The Kier molecular flexibility index (Phi) is 8.32. The summed E-state index contributed by atoms with van der Waals surface area (Å²) in [5.41, 5.74) is 1.36. The minimum atomic E-state index is -3.46. The van der Waals surface area contributed by atoms with Gasteiger partial charge >= 0.3 is 6.09 Å². The fourth-order valence-electron chi connectivity index (χ4n) is 4.95. The molecule has 2 fully saturated rings. The molecule has 0 radical (unpaired) electrons. The van der Waals surface area contributed by atoms with Gasteiger partial charge in [0.1, 0.15) is 0 Å². The molecule has 1 aliphatic carbocycles. The van der Waals surface area contributed by atoms with Gasteiger partial charge in [0.05, 0.1) is 32.1 Å². The van der Waals surface area contributed by atoms with Crippen molar-refractivity contribution in [1.29, 1.82) is 0 Å². The number of benzene rings is 1. The molecular formula is C22H34N2O6S. The van der Waals surface area contributed by atoms with Crippen LogP contribution >= 0.6 is 0 Å². The van der Waals surface area contributed by atoms with Crippen LogP contribution in [0.1, 0.15) is 50.0 Å². The maximum absolute atomic E-state index is 12.5. The Balaban J connectivity index is 1.64. The van der Waals surface area contributed by atoms with Gasteiger partial charge in [-0.05, 0) is 50.0 Å². The normalized spacial score (nSPS) is 29.1. The van der Waals surface area contributed by atoms with Crippen molar-refractivity contribution >= 4 is 16.1 Å². The fraction of sp³-hybridized carbons (Fsp3) is 0.682. The Hall–Kier alpha value is -1.68. The molecule has 0 bridgehead atoms. The lowest BCUT2D eigenvalue weighted by Gasteiger charge is -2.33. The van der Waals surface area contributed by atoms with Gasteiger partial charge in [-0.15, -0.1) is 0 Å². The summed E-state index contributed by atoms with van der Waals surface area (Å²) in [4.78, 5) is 14.0. The van der Waals surface area contributed by atoms with Gasteiger partial charge in [0.2, 0.25) is 10.0 Å². The molecule has 9 heteroatoms. The average Bonchev–Trinajstić information content (AvgIpc) is 3.08. The Morgan fingerprint density at radius 2 is 1.87 bits per heavy atom. The third kappa shape index (κ3) is 6.41. The molecule has 3 rings (SSSR count). The number of methoxy groups -OCH3 is 1. The van der Waals surface area contributed by atoms with E-state index in [1.165, 1.54) is 17.6 Å². The number of hydrogen-bond donors (Lipinski definition) is 2. The van der Waals surface area contributed by atoms with E-state index in [4.69, 9.17) is 9.47 Å².